The third-order valence-electron chi connectivity index (χ3n) is 3.39. The Bertz CT molecular complexity index is 280. The summed E-state index contributed by atoms with van der Waals surface area (Å²) >= 11 is 0. The molecule has 19 heavy (non-hydrogen) atoms. The Morgan fingerprint density at radius 2 is 1.47 bits per heavy atom. The van der Waals surface area contributed by atoms with Gasteiger partial charge in [0.15, 0.2) is 19.1 Å². The monoisotopic (exact) mass is 270 g/mol. The van der Waals surface area contributed by atoms with E-state index < -0.39 is 0 Å². The zero-order valence-corrected chi connectivity index (χ0v) is 12.6. The van der Waals surface area contributed by atoms with Gasteiger partial charge in [-0.15, -0.1) is 0 Å². The number of hydrogen-bond donors (Lipinski definition) is 2. The van der Waals surface area contributed by atoms with Gasteiger partial charge in [-0.3, -0.25) is 4.48 Å². The SMILES string of the molecule is CCOC[N+]1(C(C)(C)C)CCCC1.N#CN.N#CN. The molecule has 1 aliphatic rings. The molecule has 1 saturated heterocycles. The van der Waals surface area contributed by atoms with Crippen LogP contribution in [0.15, 0.2) is 0 Å². The molecule has 0 aromatic rings. The molecule has 0 unspecified atom stereocenters. The molecule has 0 bridgehead atoms. The number of hydrogen-bond acceptors (Lipinski definition) is 5. The highest BCUT2D eigenvalue weighted by atomic mass is 16.5. The summed E-state index contributed by atoms with van der Waals surface area (Å²) < 4.78 is 6.77. The largest absolute Gasteiger partial charge is 0.337 e. The lowest BCUT2D eigenvalue weighted by atomic mass is 10.0. The van der Waals surface area contributed by atoms with Crippen molar-refractivity contribution in [1.29, 1.82) is 10.5 Å². The quantitative estimate of drug-likeness (QED) is 0.455. The molecule has 0 spiro atoms. The van der Waals surface area contributed by atoms with Crippen molar-refractivity contribution in [2.75, 3.05) is 26.4 Å². The summed E-state index contributed by atoms with van der Waals surface area (Å²) in [6, 6.07) is 0. The fourth-order valence-electron chi connectivity index (χ4n) is 2.20. The Morgan fingerprint density at radius 3 is 1.74 bits per heavy atom. The molecule has 0 radical (unpaired) electrons. The summed E-state index contributed by atoms with van der Waals surface area (Å²) in [6.45, 7) is 13.4. The minimum absolute atomic E-state index is 0.339. The van der Waals surface area contributed by atoms with E-state index in [0.29, 0.717) is 5.54 Å². The van der Waals surface area contributed by atoms with Crippen molar-refractivity contribution in [3.63, 3.8) is 0 Å². The first-order valence-corrected chi connectivity index (χ1v) is 6.48. The Kier molecular flexibility index (Phi) is 10.9. The van der Waals surface area contributed by atoms with Crippen molar-refractivity contribution in [2.45, 2.75) is 46.1 Å². The van der Waals surface area contributed by atoms with Gasteiger partial charge in [-0.2, -0.15) is 10.5 Å². The Balaban J connectivity index is 0. The van der Waals surface area contributed by atoms with Gasteiger partial charge in [0.05, 0.1) is 18.6 Å². The van der Waals surface area contributed by atoms with Crippen molar-refractivity contribution >= 4 is 0 Å². The molecule has 6 heteroatoms. The van der Waals surface area contributed by atoms with Crippen molar-refractivity contribution in [1.82, 2.24) is 0 Å². The zero-order valence-electron chi connectivity index (χ0n) is 12.6. The Labute approximate surface area is 117 Å². The summed E-state index contributed by atoms with van der Waals surface area (Å²) in [4.78, 5) is 0. The maximum Gasteiger partial charge on any atom is 0.183 e. The Hall–Kier alpha value is -1.50. The minimum Gasteiger partial charge on any atom is -0.337 e. The van der Waals surface area contributed by atoms with Crippen molar-refractivity contribution in [3.05, 3.63) is 0 Å². The molecule has 0 saturated carbocycles. The highest BCUT2D eigenvalue weighted by Crippen LogP contribution is 2.30. The summed E-state index contributed by atoms with van der Waals surface area (Å²) in [5.41, 5.74) is 8.64. The number of rotatable bonds is 3. The molecule has 1 aliphatic heterocycles. The summed E-state index contributed by atoms with van der Waals surface area (Å²) in [7, 11) is 0. The van der Waals surface area contributed by atoms with E-state index in [0.717, 1.165) is 17.8 Å². The van der Waals surface area contributed by atoms with Gasteiger partial charge in [0.25, 0.3) is 0 Å². The normalized spacial score (nSPS) is 15.9. The molecule has 0 aromatic carbocycles. The number of ether oxygens (including phenoxy) is 1. The molecule has 0 atom stereocenters. The first-order valence-electron chi connectivity index (χ1n) is 6.48. The highest BCUT2D eigenvalue weighted by molar-refractivity contribution is 4.67. The van der Waals surface area contributed by atoms with Crippen LogP contribution < -0.4 is 11.5 Å². The van der Waals surface area contributed by atoms with E-state index in [2.05, 4.69) is 39.2 Å². The van der Waals surface area contributed by atoms with Gasteiger partial charge in [0, 0.05) is 19.4 Å². The molecular formula is C13H28N5O+. The van der Waals surface area contributed by atoms with Crippen LogP contribution in [0.25, 0.3) is 0 Å². The van der Waals surface area contributed by atoms with E-state index in [1.54, 1.807) is 0 Å². The van der Waals surface area contributed by atoms with Crippen LogP contribution in [0.4, 0.5) is 0 Å². The second kappa shape index (κ2) is 10.4. The van der Waals surface area contributed by atoms with Crippen molar-refractivity contribution in [2.24, 2.45) is 11.5 Å². The standard InChI is InChI=1S/C11H24NO.2CH2N2/c1-5-13-10-12(11(2,3)4)8-6-7-9-12;2*2-1-3/h5-10H2,1-4H3;2*2H2/q+1;;. The average Bonchev–Trinajstić information content (AvgIpc) is 2.77. The predicted octanol–water partition coefficient (Wildman–Crippen LogP) is 1.24. The van der Waals surface area contributed by atoms with Crippen LogP contribution in [0.5, 0.6) is 0 Å². The van der Waals surface area contributed by atoms with Gasteiger partial charge in [-0.05, 0) is 27.7 Å². The lowest BCUT2D eigenvalue weighted by molar-refractivity contribution is -0.976. The van der Waals surface area contributed by atoms with Crippen molar-refractivity contribution in [3.8, 4) is 12.4 Å². The van der Waals surface area contributed by atoms with E-state index >= 15 is 0 Å². The number of likely N-dealkylation sites (tertiary alicyclic amines) is 1. The molecule has 1 fully saturated rings. The molecule has 1 rings (SSSR count). The maximum absolute atomic E-state index is 7.10. The number of nitrogens with zero attached hydrogens (tertiary/aromatic N) is 3. The second-order valence-corrected chi connectivity index (χ2v) is 5.35. The van der Waals surface area contributed by atoms with E-state index in [1.807, 2.05) is 0 Å². The van der Waals surface area contributed by atoms with Gasteiger partial charge in [0.2, 0.25) is 0 Å². The molecule has 0 aliphatic carbocycles. The fourth-order valence-corrected chi connectivity index (χ4v) is 2.20. The summed E-state index contributed by atoms with van der Waals surface area (Å²) in [5.74, 6) is 0. The number of nitriles is 2. The molecule has 1 heterocycles. The van der Waals surface area contributed by atoms with Crippen LogP contribution >= 0.6 is 0 Å². The van der Waals surface area contributed by atoms with E-state index in [9.17, 15) is 0 Å². The van der Waals surface area contributed by atoms with Crippen molar-refractivity contribution < 1.29 is 9.22 Å². The topological polar surface area (TPSA) is 109 Å². The van der Waals surface area contributed by atoms with Crippen LogP contribution in [0.1, 0.15) is 40.5 Å². The zero-order chi connectivity index (χ0) is 15.4. The lowest BCUT2D eigenvalue weighted by Gasteiger charge is -2.45. The van der Waals surface area contributed by atoms with E-state index in [4.69, 9.17) is 15.3 Å². The predicted molar refractivity (Wildman–Crippen MR) is 75.1 cm³/mol. The van der Waals surface area contributed by atoms with Gasteiger partial charge in [-0.25, -0.2) is 0 Å². The summed E-state index contributed by atoms with van der Waals surface area (Å²) in [5, 5.41) is 14.2. The van der Waals surface area contributed by atoms with Gasteiger partial charge in [0.1, 0.15) is 0 Å². The fraction of sp³-hybridized carbons (Fsp3) is 0.846. The summed E-state index contributed by atoms with van der Waals surface area (Å²) in [6.07, 6.45) is 5.23. The van der Waals surface area contributed by atoms with Crippen LogP contribution in [0, 0.1) is 22.9 Å². The van der Waals surface area contributed by atoms with Crippen LogP contribution in [-0.2, 0) is 4.74 Å². The Morgan fingerprint density at radius 1 is 1.11 bits per heavy atom. The number of quaternary nitrogens is 1. The molecular weight excluding hydrogens is 242 g/mol. The van der Waals surface area contributed by atoms with Crippen LogP contribution in [-0.4, -0.2) is 36.4 Å². The molecule has 110 valence electrons. The van der Waals surface area contributed by atoms with Crippen LogP contribution in [0.2, 0.25) is 0 Å². The third kappa shape index (κ3) is 7.50. The third-order valence-corrected chi connectivity index (χ3v) is 3.39. The van der Waals surface area contributed by atoms with Crippen LogP contribution in [0.3, 0.4) is 0 Å². The highest BCUT2D eigenvalue weighted by Gasteiger charge is 2.42. The van der Waals surface area contributed by atoms with E-state index in [-0.39, 0.29) is 0 Å². The minimum atomic E-state index is 0.339. The average molecular weight is 270 g/mol. The smallest absolute Gasteiger partial charge is 0.183 e. The number of nitrogens with two attached hydrogens (primary N) is 2. The first kappa shape index (κ1) is 19.8. The maximum atomic E-state index is 7.10. The van der Waals surface area contributed by atoms with Gasteiger partial charge in [-0.1, -0.05) is 0 Å². The molecule has 4 N–H and O–H groups in total. The molecule has 0 amide bonds. The van der Waals surface area contributed by atoms with Gasteiger partial charge >= 0.3 is 0 Å². The van der Waals surface area contributed by atoms with Gasteiger partial charge < -0.3 is 16.2 Å². The first-order chi connectivity index (χ1) is 8.85. The second-order valence-electron chi connectivity index (χ2n) is 5.35. The molecule has 6 nitrogen and oxygen atoms in total. The molecule has 0 aromatic heterocycles. The lowest BCUT2D eigenvalue weighted by Crippen LogP contribution is -2.59. The van der Waals surface area contributed by atoms with E-state index in [1.165, 1.54) is 38.3 Å².